The second-order valence-corrected chi connectivity index (χ2v) is 22.7. The average molecular weight is 1320 g/mol. The first-order chi connectivity index (χ1) is 38.6. The molecule has 1 unspecified atom stereocenters. The molecular formula is C60H70Br2Cl2N12O6S. The van der Waals surface area contributed by atoms with Crippen molar-refractivity contribution in [2.24, 2.45) is 16.5 Å². The third kappa shape index (κ3) is 22.6. The molecule has 1 fully saturated rings. The van der Waals surface area contributed by atoms with Crippen molar-refractivity contribution in [3.05, 3.63) is 170 Å². The smallest absolute Gasteiger partial charge is 0.418 e. The minimum Gasteiger partial charge on any atom is -0.477 e. The molecule has 0 bridgehead atoms. The van der Waals surface area contributed by atoms with E-state index in [2.05, 4.69) is 83.8 Å². The molecule has 83 heavy (non-hydrogen) atoms. The van der Waals surface area contributed by atoms with Crippen LogP contribution in [-0.4, -0.2) is 110 Å². The molecule has 11 rings (SSSR count). The lowest BCUT2D eigenvalue weighted by molar-refractivity contribution is 0.0543. The zero-order valence-electron chi connectivity index (χ0n) is 45.2. The number of fused-ring (bicyclic) bond motifs is 3. The summed E-state index contributed by atoms with van der Waals surface area (Å²) in [7, 11) is 1.89. The van der Waals surface area contributed by atoms with Crippen molar-refractivity contribution in [3.63, 3.8) is 0 Å². The number of ketones is 1. The molecule has 0 spiro atoms. The average Bonchev–Trinajstić information content (AvgIpc) is 4.48. The summed E-state index contributed by atoms with van der Waals surface area (Å²) in [6.45, 7) is 12.3. The van der Waals surface area contributed by atoms with Gasteiger partial charge >= 0.3 is 12.1 Å². The predicted octanol–water partition coefficient (Wildman–Crippen LogP) is 15.0. The molecule has 23 heteroatoms. The van der Waals surface area contributed by atoms with Gasteiger partial charge in [-0.25, -0.2) is 29.5 Å². The van der Waals surface area contributed by atoms with Gasteiger partial charge in [-0.1, -0.05) is 77.1 Å². The number of carbonyl (C=O) groups excluding carboxylic acids is 2. The van der Waals surface area contributed by atoms with E-state index in [1.54, 1.807) is 43.7 Å². The van der Waals surface area contributed by atoms with Crippen LogP contribution in [0.1, 0.15) is 81.6 Å². The number of anilines is 4. The van der Waals surface area contributed by atoms with Gasteiger partial charge in [0.25, 0.3) is 0 Å². The van der Waals surface area contributed by atoms with Crippen molar-refractivity contribution in [1.82, 2.24) is 34.8 Å². The third-order valence-electron chi connectivity index (χ3n) is 11.1. The molecule has 0 saturated carbocycles. The predicted molar refractivity (Wildman–Crippen MR) is 349 cm³/mol. The highest BCUT2D eigenvalue weighted by Crippen LogP contribution is 2.29. The minimum atomic E-state index is -0.864. The zero-order chi connectivity index (χ0) is 58.6. The van der Waals surface area contributed by atoms with Crippen LogP contribution in [0.15, 0.2) is 148 Å². The summed E-state index contributed by atoms with van der Waals surface area (Å²) in [5.74, 6) is 0.472. The summed E-state index contributed by atoms with van der Waals surface area (Å²) < 4.78 is 14.8. The van der Waals surface area contributed by atoms with E-state index in [0.717, 1.165) is 96.1 Å². The lowest BCUT2D eigenvalue weighted by Gasteiger charge is -2.19. The summed E-state index contributed by atoms with van der Waals surface area (Å²) >= 11 is 19.5. The van der Waals surface area contributed by atoms with Crippen LogP contribution in [0, 0.1) is 0 Å². The monoisotopic (exact) mass is 1310 g/mol. The number of hydrogen-bond donors (Lipinski definition) is 7. The molecule has 0 amide bonds. The highest BCUT2D eigenvalue weighted by Gasteiger charge is 2.19. The van der Waals surface area contributed by atoms with Crippen molar-refractivity contribution in [2.75, 3.05) is 44.0 Å². The van der Waals surface area contributed by atoms with Crippen molar-refractivity contribution in [1.29, 1.82) is 0 Å². The number of Topliss-reactive ketones (excluding diaryl/α,β-unsaturated/α-hetero) is 1. The lowest BCUT2D eigenvalue weighted by atomic mass is 10.1. The zero-order valence-corrected chi connectivity index (χ0v) is 50.7. The number of benzene rings is 4. The molecule has 2 aliphatic heterocycles. The highest BCUT2D eigenvalue weighted by atomic mass is 79.9. The van der Waals surface area contributed by atoms with Crippen LogP contribution in [0.5, 0.6) is 0 Å². The Bertz CT molecular complexity index is 3530. The number of ether oxygens (including phenoxy) is 2. The van der Waals surface area contributed by atoms with Gasteiger partial charge in [-0.2, -0.15) is 0 Å². The molecule has 18 nitrogen and oxygen atoms in total. The number of H-pyrrole nitrogens is 1. The number of nitrogens with one attached hydrogen (secondary N) is 4. The van der Waals surface area contributed by atoms with Crippen LogP contribution in [0.25, 0.3) is 37.5 Å². The van der Waals surface area contributed by atoms with E-state index >= 15 is 0 Å². The molecule has 440 valence electrons. The van der Waals surface area contributed by atoms with Crippen LogP contribution >= 0.6 is 66.4 Å². The second-order valence-electron chi connectivity index (χ2n) is 19.1. The number of likely N-dealkylation sites (N-methyl/N-ethyl adjacent to an activating group) is 1. The second kappa shape index (κ2) is 33.4. The number of nitrogens with two attached hydrogens (primary N) is 2. The number of halogens is 4. The number of allylic oxidation sites excluding steroid dienone is 1. The number of rotatable bonds is 9. The number of carboxylic acid groups (broad SMARTS) is 1. The first-order valence-electron chi connectivity index (χ1n) is 25.2. The number of aromatic amines is 1. The van der Waals surface area contributed by atoms with Crippen LogP contribution in [-0.2, 0) is 9.47 Å². The number of aliphatic imine (C=N–C) groups is 1. The summed E-state index contributed by atoms with van der Waals surface area (Å²) in [4.78, 5) is 57.4. The van der Waals surface area contributed by atoms with Gasteiger partial charge in [0.1, 0.15) is 22.1 Å². The maximum absolute atomic E-state index is 12.2. The van der Waals surface area contributed by atoms with Gasteiger partial charge in [-0.05, 0) is 166 Å². The summed E-state index contributed by atoms with van der Waals surface area (Å²) in [5.41, 5.74) is 16.7. The van der Waals surface area contributed by atoms with E-state index in [-0.39, 0.29) is 37.2 Å². The maximum Gasteiger partial charge on any atom is 0.418 e. The molecular weight excluding hydrogens is 1250 g/mol. The summed E-state index contributed by atoms with van der Waals surface area (Å²) in [6, 6.07) is 34.9. The van der Waals surface area contributed by atoms with E-state index in [1.807, 2.05) is 132 Å². The first kappa shape index (κ1) is 68.6. The van der Waals surface area contributed by atoms with Gasteiger partial charge in [-0.3, -0.25) is 14.4 Å². The molecule has 2 atom stereocenters. The molecule has 4 aromatic carbocycles. The fourth-order valence-corrected chi connectivity index (χ4v) is 9.47. The molecule has 9 aromatic rings. The van der Waals surface area contributed by atoms with Crippen LogP contribution in [0.4, 0.5) is 27.8 Å². The largest absolute Gasteiger partial charge is 0.477 e. The molecule has 2 aliphatic rings. The van der Waals surface area contributed by atoms with Gasteiger partial charge in [0.15, 0.2) is 5.78 Å². The Morgan fingerprint density at radius 2 is 1.48 bits per heavy atom. The number of hydrogen-bond acceptors (Lipinski definition) is 16. The van der Waals surface area contributed by atoms with Crippen LogP contribution in [0.3, 0.4) is 0 Å². The lowest BCUT2D eigenvalue weighted by Crippen LogP contribution is -2.28. The van der Waals surface area contributed by atoms with Gasteiger partial charge < -0.3 is 47.0 Å². The van der Waals surface area contributed by atoms with Crippen LogP contribution < -0.4 is 27.4 Å². The number of nitrogens with zero attached hydrogens (tertiary/aromatic N) is 6. The van der Waals surface area contributed by atoms with Crippen molar-refractivity contribution in [2.45, 2.75) is 73.6 Å². The quantitative estimate of drug-likeness (QED) is 0.0523. The van der Waals surface area contributed by atoms with Crippen molar-refractivity contribution in [3.8, 4) is 0 Å². The third-order valence-corrected chi connectivity index (χ3v) is 13.5. The van der Waals surface area contributed by atoms with Gasteiger partial charge in [0, 0.05) is 98.3 Å². The fraction of sp³-hybridized carbons (Fsp3) is 0.267. The standard InChI is InChI=1S/C17H17ClN4O2.C14H11ClN4.C10H8BrNO.C9H5BrO2S.C4H12N2.C4H9NO.2CH4/c1-17(2,3)24-16(23)22-9-7-11-10-12(4-5-13(11)22)20-14-6-8-19-15(18)21-14;15-14-17-8-6-13(19-14)18-12-3-1-10(2-4-12)11-5-7-16-9-11;1-6(13)9-4-7-2-3-8(11)5-10(7)12-9;10-6-2-1-5-3-8(9(11)12)13-7(5)4-6;1-4(5)3-6-2;5-4-1-2-6-3-4;;/h4-10H,1-3H3,(H,19,20,21);1-6,8-9H,7H2,(H,17,18,19);2-5,12H,1H3;1-4H,(H,11,12);4,6H,3,5H2,1-2H3;4H,1-3,5H2;2*1H4/t;;;;4-;;;/m....0.../s1. The number of aromatic nitrogens is 6. The Balaban J connectivity index is 0.000000226. The fourth-order valence-electron chi connectivity index (χ4n) is 7.36. The Morgan fingerprint density at radius 3 is 2.00 bits per heavy atom. The van der Waals surface area contributed by atoms with E-state index < -0.39 is 17.7 Å². The Hall–Kier alpha value is -6.92. The highest BCUT2D eigenvalue weighted by molar-refractivity contribution is 9.10. The van der Waals surface area contributed by atoms with E-state index in [9.17, 15) is 14.4 Å². The first-order valence-corrected chi connectivity index (χ1v) is 28.4. The van der Waals surface area contributed by atoms with Crippen molar-refractivity contribution >= 4 is 151 Å². The Morgan fingerprint density at radius 1 is 0.855 bits per heavy atom. The normalized spacial score (nSPS) is 13.3. The Labute approximate surface area is 514 Å². The SMILES string of the molecule is C.C.CC(=O)c1cc2ccc(Br)cc2[nH]1.CC(C)(C)OC(=O)n1ccc2cc(Nc3ccnc(Cl)n3)ccc21.CNC[C@H](C)N.Clc1nccc(Nc2ccc(C3=CCN=C3)cc2)n1.NC1CCOC1.O=C(O)c1cc2ccc(Br)cc2s1. The molecule has 9 N–H and O–H groups in total. The van der Waals surface area contributed by atoms with Gasteiger partial charge in [-0.15, -0.1) is 11.3 Å². The summed E-state index contributed by atoms with van der Waals surface area (Å²) in [6.07, 6.45) is 9.53. The topological polar surface area (TPSA) is 263 Å². The minimum absolute atomic E-state index is 0. The molecule has 0 radical (unpaired) electrons. The Kier molecular flexibility index (Phi) is 27.6. The maximum atomic E-state index is 12.2. The van der Waals surface area contributed by atoms with E-state index in [0.29, 0.717) is 28.2 Å². The number of aromatic carboxylic acids is 1. The van der Waals surface area contributed by atoms with E-state index in [4.69, 9.17) is 49.2 Å². The molecule has 7 heterocycles. The number of thiophene rings is 1. The molecule has 0 aliphatic carbocycles. The molecule has 5 aromatic heterocycles. The summed E-state index contributed by atoms with van der Waals surface area (Å²) in [5, 5.41) is 21.4. The van der Waals surface area contributed by atoms with E-state index in [1.165, 1.54) is 15.9 Å². The number of carbonyl (C=O) groups is 3. The molecule has 1 saturated heterocycles. The van der Waals surface area contributed by atoms with Crippen LogP contribution in [0.2, 0.25) is 10.6 Å². The van der Waals surface area contributed by atoms with Gasteiger partial charge in [0.2, 0.25) is 10.6 Å². The van der Waals surface area contributed by atoms with Gasteiger partial charge in [0.05, 0.1) is 24.4 Å². The van der Waals surface area contributed by atoms with Crippen molar-refractivity contribution < 1.29 is 29.0 Å². The number of carboxylic acids is 1.